The van der Waals surface area contributed by atoms with Crippen molar-refractivity contribution in [2.45, 2.75) is 39.3 Å². The van der Waals surface area contributed by atoms with E-state index in [0.717, 1.165) is 21.7 Å². The van der Waals surface area contributed by atoms with Crippen LogP contribution in [-0.2, 0) is 14.8 Å². The van der Waals surface area contributed by atoms with E-state index in [4.69, 9.17) is 11.6 Å². The molecule has 5 nitrogen and oxygen atoms in total. The fraction of sp³-hybridized carbons (Fsp3) is 0.350. The van der Waals surface area contributed by atoms with E-state index in [-0.39, 0.29) is 11.9 Å². The van der Waals surface area contributed by atoms with Gasteiger partial charge >= 0.3 is 0 Å². The average Bonchev–Trinajstić information content (AvgIpc) is 2.62. The van der Waals surface area contributed by atoms with Crippen molar-refractivity contribution in [2.24, 2.45) is 0 Å². The van der Waals surface area contributed by atoms with Gasteiger partial charge in [0.25, 0.3) is 0 Å². The number of carbonyl (C=O) groups is 1. The summed E-state index contributed by atoms with van der Waals surface area (Å²) in [4.78, 5) is 12.9. The van der Waals surface area contributed by atoms with E-state index >= 15 is 0 Å². The number of hydrogen-bond donors (Lipinski definition) is 1. The van der Waals surface area contributed by atoms with Gasteiger partial charge in [-0.2, -0.15) is 0 Å². The summed E-state index contributed by atoms with van der Waals surface area (Å²) in [6.07, 6.45) is 1.78. The third kappa shape index (κ3) is 5.23. The third-order valence-corrected chi connectivity index (χ3v) is 5.89. The standard InChI is InChI=1S/C20H25ClN2O3S/c1-5-18(16-9-7-6-8-10-16)22-20(24)15(3)23(27(4,25)26)19-13-17(21)12-11-14(19)2/h6-13,15,18H,5H2,1-4H3,(H,22,24)/t15-,18+/m1/s1. The summed E-state index contributed by atoms with van der Waals surface area (Å²) in [5.74, 6) is -0.365. The normalized spacial score (nSPS) is 13.7. The van der Waals surface area contributed by atoms with Crippen LogP contribution < -0.4 is 9.62 Å². The van der Waals surface area contributed by atoms with Crippen LogP contribution in [0.3, 0.4) is 0 Å². The van der Waals surface area contributed by atoms with Crippen LogP contribution in [-0.4, -0.2) is 26.6 Å². The number of carbonyl (C=O) groups excluding carboxylic acids is 1. The van der Waals surface area contributed by atoms with Gasteiger partial charge in [-0.05, 0) is 43.5 Å². The zero-order valence-electron chi connectivity index (χ0n) is 15.9. The van der Waals surface area contributed by atoms with Crippen molar-refractivity contribution in [2.75, 3.05) is 10.6 Å². The summed E-state index contributed by atoms with van der Waals surface area (Å²) in [6.45, 7) is 5.33. The SMILES string of the molecule is CC[C@H](NC(=O)[C@@H](C)N(c1cc(Cl)ccc1C)S(C)(=O)=O)c1ccccc1. The molecule has 0 fully saturated rings. The number of nitrogens with one attached hydrogen (secondary N) is 1. The minimum Gasteiger partial charge on any atom is -0.347 e. The van der Waals surface area contributed by atoms with Crippen LogP contribution in [0, 0.1) is 6.92 Å². The van der Waals surface area contributed by atoms with Gasteiger partial charge in [0.15, 0.2) is 0 Å². The predicted octanol–water partition coefficient (Wildman–Crippen LogP) is 4.07. The minimum atomic E-state index is -3.69. The molecule has 2 aromatic rings. The lowest BCUT2D eigenvalue weighted by Crippen LogP contribution is -2.48. The molecule has 1 amide bonds. The first-order chi connectivity index (χ1) is 12.6. The first-order valence-corrected chi connectivity index (χ1v) is 11.0. The van der Waals surface area contributed by atoms with Crippen LogP contribution in [0.5, 0.6) is 0 Å². The number of amides is 1. The molecule has 0 unspecified atom stereocenters. The maximum absolute atomic E-state index is 12.9. The zero-order valence-corrected chi connectivity index (χ0v) is 17.5. The highest BCUT2D eigenvalue weighted by molar-refractivity contribution is 7.92. The molecule has 2 aromatic carbocycles. The number of aryl methyl sites for hydroxylation is 1. The number of hydrogen-bond acceptors (Lipinski definition) is 3. The van der Waals surface area contributed by atoms with Crippen molar-refractivity contribution in [3.63, 3.8) is 0 Å². The molecule has 0 spiro atoms. The van der Waals surface area contributed by atoms with Crippen molar-refractivity contribution in [3.05, 3.63) is 64.7 Å². The molecule has 146 valence electrons. The molecular weight excluding hydrogens is 384 g/mol. The molecule has 0 aliphatic heterocycles. The van der Waals surface area contributed by atoms with Crippen molar-refractivity contribution < 1.29 is 13.2 Å². The molecule has 2 rings (SSSR count). The second-order valence-corrected chi connectivity index (χ2v) is 8.84. The molecule has 0 radical (unpaired) electrons. The third-order valence-electron chi connectivity index (χ3n) is 4.42. The molecule has 2 atom stereocenters. The summed E-state index contributed by atoms with van der Waals surface area (Å²) in [7, 11) is -3.69. The molecule has 0 heterocycles. The molecule has 0 aliphatic carbocycles. The number of halogens is 1. The first-order valence-electron chi connectivity index (χ1n) is 8.76. The van der Waals surface area contributed by atoms with Crippen LogP contribution in [0.25, 0.3) is 0 Å². The Morgan fingerprint density at radius 3 is 2.37 bits per heavy atom. The lowest BCUT2D eigenvalue weighted by atomic mass is 10.0. The fourth-order valence-electron chi connectivity index (χ4n) is 3.00. The molecular formula is C20H25ClN2O3S. The molecule has 0 aromatic heterocycles. The summed E-state index contributed by atoms with van der Waals surface area (Å²) < 4.78 is 26.1. The molecule has 0 saturated carbocycles. The number of benzene rings is 2. The summed E-state index contributed by atoms with van der Waals surface area (Å²) >= 11 is 6.06. The van der Waals surface area contributed by atoms with E-state index in [1.165, 1.54) is 0 Å². The smallest absolute Gasteiger partial charge is 0.244 e. The van der Waals surface area contributed by atoms with Crippen LogP contribution in [0.15, 0.2) is 48.5 Å². The maximum Gasteiger partial charge on any atom is 0.244 e. The highest BCUT2D eigenvalue weighted by atomic mass is 35.5. The Kier molecular flexibility index (Phi) is 6.89. The van der Waals surface area contributed by atoms with Gasteiger partial charge in [-0.25, -0.2) is 8.42 Å². The predicted molar refractivity (Wildman–Crippen MR) is 111 cm³/mol. The molecule has 0 aliphatic rings. The second-order valence-electron chi connectivity index (χ2n) is 6.55. The number of nitrogens with zero attached hydrogens (tertiary/aromatic N) is 1. The van der Waals surface area contributed by atoms with Crippen molar-refractivity contribution in [3.8, 4) is 0 Å². The van der Waals surface area contributed by atoms with Crippen LogP contribution >= 0.6 is 11.6 Å². The van der Waals surface area contributed by atoms with Crippen LogP contribution in [0.1, 0.15) is 37.4 Å². The molecule has 1 N–H and O–H groups in total. The summed E-state index contributed by atoms with van der Waals surface area (Å²) in [6, 6.07) is 13.5. The lowest BCUT2D eigenvalue weighted by Gasteiger charge is -2.31. The van der Waals surface area contributed by atoms with Gasteiger partial charge in [0.2, 0.25) is 15.9 Å². The molecule has 0 bridgehead atoms. The summed E-state index contributed by atoms with van der Waals surface area (Å²) in [5.41, 5.74) is 2.10. The molecule has 0 saturated heterocycles. The monoisotopic (exact) mass is 408 g/mol. The maximum atomic E-state index is 12.9. The van der Waals surface area contributed by atoms with Crippen LogP contribution in [0.2, 0.25) is 5.02 Å². The van der Waals surface area contributed by atoms with Gasteiger partial charge in [0.1, 0.15) is 6.04 Å². The van der Waals surface area contributed by atoms with E-state index in [9.17, 15) is 13.2 Å². The topological polar surface area (TPSA) is 66.5 Å². The Balaban J connectivity index is 2.34. The Bertz CT molecular complexity index is 901. The first kappa shape index (κ1) is 21.3. The van der Waals surface area contributed by atoms with Crippen molar-refractivity contribution >= 4 is 33.2 Å². The van der Waals surface area contributed by atoms with Gasteiger partial charge < -0.3 is 5.32 Å². The highest BCUT2D eigenvalue weighted by Gasteiger charge is 2.31. The van der Waals surface area contributed by atoms with Gasteiger partial charge in [-0.3, -0.25) is 9.10 Å². The fourth-order valence-corrected chi connectivity index (χ4v) is 4.39. The number of rotatable bonds is 7. The van der Waals surface area contributed by atoms with E-state index in [1.54, 1.807) is 32.0 Å². The Hall–Kier alpha value is -2.05. The second kappa shape index (κ2) is 8.76. The average molecular weight is 409 g/mol. The Labute approximate surface area is 166 Å². The highest BCUT2D eigenvalue weighted by Crippen LogP contribution is 2.28. The quantitative estimate of drug-likeness (QED) is 0.750. The Morgan fingerprint density at radius 2 is 1.81 bits per heavy atom. The Morgan fingerprint density at radius 1 is 1.19 bits per heavy atom. The van der Waals surface area contributed by atoms with Gasteiger partial charge in [0, 0.05) is 5.02 Å². The van der Waals surface area contributed by atoms with Gasteiger partial charge in [-0.15, -0.1) is 0 Å². The van der Waals surface area contributed by atoms with Crippen molar-refractivity contribution in [1.29, 1.82) is 0 Å². The van der Waals surface area contributed by atoms with Crippen LogP contribution in [0.4, 0.5) is 5.69 Å². The zero-order chi connectivity index (χ0) is 20.2. The minimum absolute atomic E-state index is 0.192. The molecule has 27 heavy (non-hydrogen) atoms. The van der Waals surface area contributed by atoms with E-state index in [2.05, 4.69) is 5.32 Å². The number of sulfonamides is 1. The van der Waals surface area contributed by atoms with E-state index in [1.807, 2.05) is 37.3 Å². The van der Waals surface area contributed by atoms with Gasteiger partial charge in [-0.1, -0.05) is 54.9 Å². The van der Waals surface area contributed by atoms with E-state index < -0.39 is 16.1 Å². The number of anilines is 1. The largest absolute Gasteiger partial charge is 0.347 e. The van der Waals surface area contributed by atoms with E-state index in [0.29, 0.717) is 17.1 Å². The van der Waals surface area contributed by atoms with Crippen molar-refractivity contribution in [1.82, 2.24) is 5.32 Å². The lowest BCUT2D eigenvalue weighted by molar-refractivity contribution is -0.122. The molecule has 7 heteroatoms. The van der Waals surface area contributed by atoms with Gasteiger partial charge in [0.05, 0.1) is 18.0 Å². The summed E-state index contributed by atoms with van der Waals surface area (Å²) in [5, 5.41) is 3.37.